The highest BCUT2D eigenvalue weighted by Gasteiger charge is 2.28. The van der Waals surface area contributed by atoms with Gasteiger partial charge in [-0.25, -0.2) is 9.97 Å². The number of carbonyl (C=O) groups excluding carboxylic acids is 1. The zero-order valence-electron chi connectivity index (χ0n) is 15.6. The van der Waals surface area contributed by atoms with Crippen LogP contribution in [0.3, 0.4) is 0 Å². The lowest BCUT2D eigenvalue weighted by Crippen LogP contribution is -2.37. The Bertz CT molecular complexity index is 647. The number of ether oxygens (including phenoxy) is 1. The van der Waals surface area contributed by atoms with E-state index in [2.05, 4.69) is 9.97 Å². The van der Waals surface area contributed by atoms with Gasteiger partial charge in [0.15, 0.2) is 11.0 Å². The van der Waals surface area contributed by atoms with Gasteiger partial charge in [0.05, 0.1) is 23.9 Å². The summed E-state index contributed by atoms with van der Waals surface area (Å²) in [7, 11) is 0. The predicted molar refractivity (Wildman–Crippen MR) is 97.0 cm³/mol. The number of carbonyl (C=O) groups is 1. The van der Waals surface area contributed by atoms with Crippen molar-refractivity contribution in [3.05, 3.63) is 16.5 Å². The third-order valence-electron chi connectivity index (χ3n) is 4.65. The van der Waals surface area contributed by atoms with Crippen molar-refractivity contribution >= 4 is 23.4 Å². The SMILES string of the molecule is CCOC(=O)C1CCN(c2nc(CCCCC(F)(F)F)c(C)nc2Cl)CC1. The average Bonchev–Trinajstić information content (AvgIpc) is 2.60. The van der Waals surface area contributed by atoms with Gasteiger partial charge in [-0.05, 0) is 46.0 Å². The van der Waals surface area contributed by atoms with Gasteiger partial charge in [-0.1, -0.05) is 11.6 Å². The number of aromatic nitrogens is 2. The number of nitrogens with zero attached hydrogens (tertiary/aromatic N) is 3. The van der Waals surface area contributed by atoms with Crippen molar-refractivity contribution in [2.75, 3.05) is 24.6 Å². The fourth-order valence-corrected chi connectivity index (χ4v) is 3.45. The van der Waals surface area contributed by atoms with Crippen molar-refractivity contribution in [2.45, 2.75) is 58.5 Å². The third kappa shape index (κ3) is 6.52. The number of piperidine rings is 1. The first kappa shape index (κ1) is 21.7. The van der Waals surface area contributed by atoms with Crippen LogP contribution in [0, 0.1) is 12.8 Å². The first-order chi connectivity index (χ1) is 12.7. The number of alkyl halides is 3. The molecule has 0 aliphatic carbocycles. The quantitative estimate of drug-likeness (QED) is 0.492. The van der Waals surface area contributed by atoms with Gasteiger partial charge in [0.1, 0.15) is 0 Å². The summed E-state index contributed by atoms with van der Waals surface area (Å²) < 4.78 is 41.9. The molecule has 9 heteroatoms. The number of rotatable bonds is 7. The Labute approximate surface area is 162 Å². The van der Waals surface area contributed by atoms with Gasteiger partial charge in [-0.2, -0.15) is 13.2 Å². The summed E-state index contributed by atoms with van der Waals surface area (Å²) in [6.45, 7) is 5.12. The Morgan fingerprint density at radius 2 is 1.93 bits per heavy atom. The van der Waals surface area contributed by atoms with Crippen LogP contribution in [-0.4, -0.2) is 41.8 Å². The third-order valence-corrected chi connectivity index (χ3v) is 4.90. The molecule has 0 radical (unpaired) electrons. The minimum atomic E-state index is -4.13. The van der Waals surface area contributed by atoms with Crippen LogP contribution >= 0.6 is 11.6 Å². The van der Waals surface area contributed by atoms with Crippen molar-refractivity contribution in [1.29, 1.82) is 0 Å². The highest BCUT2D eigenvalue weighted by Crippen LogP contribution is 2.29. The summed E-state index contributed by atoms with van der Waals surface area (Å²) in [5.41, 5.74) is 1.31. The van der Waals surface area contributed by atoms with Crippen LogP contribution in [0.2, 0.25) is 5.15 Å². The summed E-state index contributed by atoms with van der Waals surface area (Å²) in [5, 5.41) is 0.279. The second kappa shape index (κ2) is 9.57. The maximum atomic E-state index is 12.3. The number of hydrogen-bond donors (Lipinski definition) is 0. The van der Waals surface area contributed by atoms with E-state index in [0.29, 0.717) is 62.6 Å². The minimum Gasteiger partial charge on any atom is -0.466 e. The van der Waals surface area contributed by atoms with Gasteiger partial charge in [-0.3, -0.25) is 4.79 Å². The fraction of sp³-hybridized carbons (Fsp3) is 0.722. The molecule has 1 fully saturated rings. The lowest BCUT2D eigenvalue weighted by molar-refractivity contribution is -0.148. The Hall–Kier alpha value is -1.57. The molecule has 0 aromatic carbocycles. The van der Waals surface area contributed by atoms with E-state index in [0.717, 1.165) is 0 Å². The molecule has 27 heavy (non-hydrogen) atoms. The molecule has 1 saturated heterocycles. The summed E-state index contributed by atoms with van der Waals surface area (Å²) in [6, 6.07) is 0. The minimum absolute atomic E-state index is 0.0630. The zero-order chi connectivity index (χ0) is 20.0. The molecule has 1 aliphatic heterocycles. The van der Waals surface area contributed by atoms with Crippen LogP contribution in [-0.2, 0) is 16.0 Å². The van der Waals surface area contributed by atoms with Crippen molar-refractivity contribution in [3.63, 3.8) is 0 Å². The summed E-state index contributed by atoms with van der Waals surface area (Å²) in [5.74, 6) is 0.235. The number of aryl methyl sites for hydroxylation is 2. The lowest BCUT2D eigenvalue weighted by atomic mass is 9.97. The molecule has 0 bridgehead atoms. The molecular weight excluding hydrogens is 383 g/mol. The second-order valence-corrected chi connectivity index (χ2v) is 7.06. The topological polar surface area (TPSA) is 55.3 Å². The van der Waals surface area contributed by atoms with E-state index in [1.165, 1.54) is 0 Å². The Kier molecular flexibility index (Phi) is 7.70. The molecule has 5 nitrogen and oxygen atoms in total. The molecule has 0 unspecified atom stereocenters. The van der Waals surface area contributed by atoms with Crippen molar-refractivity contribution in [3.8, 4) is 0 Å². The van der Waals surface area contributed by atoms with E-state index < -0.39 is 12.6 Å². The Morgan fingerprint density at radius 1 is 1.26 bits per heavy atom. The van der Waals surface area contributed by atoms with Gasteiger partial charge in [-0.15, -0.1) is 0 Å². The normalized spacial score (nSPS) is 15.9. The first-order valence-corrected chi connectivity index (χ1v) is 9.60. The van der Waals surface area contributed by atoms with Crippen molar-refractivity contribution < 1.29 is 22.7 Å². The lowest BCUT2D eigenvalue weighted by Gasteiger charge is -2.32. The number of esters is 1. The number of unbranched alkanes of at least 4 members (excludes halogenated alkanes) is 1. The predicted octanol–water partition coefficient (Wildman–Crippen LogP) is 4.49. The molecule has 1 aromatic heterocycles. The van der Waals surface area contributed by atoms with Crippen LogP contribution in [0.4, 0.5) is 19.0 Å². The van der Waals surface area contributed by atoms with Crippen molar-refractivity contribution in [2.24, 2.45) is 5.92 Å². The molecule has 2 heterocycles. The molecule has 0 N–H and O–H groups in total. The molecule has 0 amide bonds. The number of anilines is 1. The van der Waals surface area contributed by atoms with E-state index in [4.69, 9.17) is 16.3 Å². The molecule has 0 spiro atoms. The van der Waals surface area contributed by atoms with Gasteiger partial charge in [0.25, 0.3) is 0 Å². The van der Waals surface area contributed by atoms with Crippen molar-refractivity contribution in [1.82, 2.24) is 9.97 Å². The molecule has 1 aromatic rings. The Morgan fingerprint density at radius 3 is 2.52 bits per heavy atom. The van der Waals surface area contributed by atoms with Crippen LogP contribution in [0.5, 0.6) is 0 Å². The van der Waals surface area contributed by atoms with E-state index in [-0.39, 0.29) is 23.5 Å². The van der Waals surface area contributed by atoms with Crippen LogP contribution in [0.25, 0.3) is 0 Å². The summed E-state index contributed by atoms with van der Waals surface area (Å²) in [6.07, 6.45) is -2.75. The smallest absolute Gasteiger partial charge is 0.389 e. The summed E-state index contributed by atoms with van der Waals surface area (Å²) >= 11 is 6.25. The van der Waals surface area contributed by atoms with Gasteiger partial charge < -0.3 is 9.64 Å². The molecule has 0 saturated carbocycles. The molecular formula is C18H25ClF3N3O2. The van der Waals surface area contributed by atoms with Crippen LogP contribution in [0.15, 0.2) is 0 Å². The fourth-order valence-electron chi connectivity index (χ4n) is 3.16. The highest BCUT2D eigenvalue weighted by atomic mass is 35.5. The highest BCUT2D eigenvalue weighted by molar-refractivity contribution is 6.31. The molecule has 2 rings (SSSR count). The zero-order valence-corrected chi connectivity index (χ0v) is 16.4. The average molecular weight is 408 g/mol. The van der Waals surface area contributed by atoms with Gasteiger partial charge in [0, 0.05) is 19.5 Å². The van der Waals surface area contributed by atoms with E-state index in [9.17, 15) is 18.0 Å². The van der Waals surface area contributed by atoms with E-state index in [1.807, 2.05) is 4.90 Å². The van der Waals surface area contributed by atoms with Crippen LogP contribution in [0.1, 0.15) is 50.4 Å². The van der Waals surface area contributed by atoms with Crippen LogP contribution < -0.4 is 4.90 Å². The first-order valence-electron chi connectivity index (χ1n) is 9.22. The Balaban J connectivity index is 1.98. The number of hydrogen-bond acceptors (Lipinski definition) is 5. The monoisotopic (exact) mass is 407 g/mol. The maximum absolute atomic E-state index is 12.3. The molecule has 1 aliphatic rings. The second-order valence-electron chi connectivity index (χ2n) is 6.71. The van der Waals surface area contributed by atoms with E-state index in [1.54, 1.807) is 13.8 Å². The standard InChI is InChI=1S/C18H25ClF3N3O2/c1-3-27-17(26)13-7-10-25(11-8-13)16-15(19)23-12(2)14(24-16)6-4-5-9-18(20,21)22/h13H,3-11H2,1-2H3. The van der Waals surface area contributed by atoms with Gasteiger partial charge in [0.2, 0.25) is 0 Å². The largest absolute Gasteiger partial charge is 0.466 e. The maximum Gasteiger partial charge on any atom is 0.389 e. The molecule has 152 valence electrons. The summed E-state index contributed by atoms with van der Waals surface area (Å²) in [4.78, 5) is 22.7. The van der Waals surface area contributed by atoms with Gasteiger partial charge >= 0.3 is 12.1 Å². The van der Waals surface area contributed by atoms with E-state index >= 15 is 0 Å². The molecule has 0 atom stereocenters. The number of halogens is 4.